The van der Waals surface area contributed by atoms with Crippen molar-refractivity contribution in [1.82, 2.24) is 10.2 Å². The van der Waals surface area contributed by atoms with Gasteiger partial charge in [-0.1, -0.05) is 0 Å². The molecule has 19 heavy (non-hydrogen) atoms. The smallest absolute Gasteiger partial charge is 0.334 e. The van der Waals surface area contributed by atoms with Crippen molar-refractivity contribution in [3.63, 3.8) is 0 Å². The molecule has 2 amide bonds. The van der Waals surface area contributed by atoms with Gasteiger partial charge < -0.3 is 24.8 Å². The third-order valence-electron chi connectivity index (χ3n) is 3.20. The van der Waals surface area contributed by atoms with Gasteiger partial charge in [0.05, 0.1) is 19.8 Å². The van der Waals surface area contributed by atoms with Crippen LogP contribution in [0.2, 0.25) is 0 Å². The van der Waals surface area contributed by atoms with Crippen LogP contribution in [0.1, 0.15) is 12.8 Å². The van der Waals surface area contributed by atoms with Crippen molar-refractivity contribution in [2.45, 2.75) is 18.9 Å². The number of carboxylic acids is 1. The maximum absolute atomic E-state index is 11.8. The molecule has 2 rings (SSSR count). The van der Waals surface area contributed by atoms with Crippen LogP contribution in [0.15, 0.2) is 0 Å². The number of morpholine rings is 1. The number of carbonyl (C=O) groups excluding carboxylic acids is 1. The minimum absolute atomic E-state index is 0.0874. The van der Waals surface area contributed by atoms with Gasteiger partial charge in [-0.3, -0.25) is 0 Å². The van der Waals surface area contributed by atoms with Crippen molar-refractivity contribution in [2.75, 3.05) is 39.5 Å². The lowest BCUT2D eigenvalue weighted by molar-refractivity contribution is -0.154. The van der Waals surface area contributed by atoms with Crippen molar-refractivity contribution in [2.24, 2.45) is 5.92 Å². The lowest BCUT2D eigenvalue weighted by atomic mass is 10.3. The monoisotopic (exact) mass is 272 g/mol. The van der Waals surface area contributed by atoms with E-state index in [1.54, 1.807) is 0 Å². The lowest BCUT2D eigenvalue weighted by Gasteiger charge is -2.30. The lowest BCUT2D eigenvalue weighted by Crippen LogP contribution is -2.52. The van der Waals surface area contributed by atoms with Gasteiger partial charge in [0, 0.05) is 19.7 Å². The number of amides is 2. The topological polar surface area (TPSA) is 88.1 Å². The molecule has 1 saturated carbocycles. The standard InChI is InChI=1S/C12H20N2O5/c15-11(16)10-7-14(4-6-19-10)12(17)13-3-5-18-8-9-1-2-9/h9-10H,1-8H2,(H,13,17)(H,15,16). The van der Waals surface area contributed by atoms with Crippen molar-refractivity contribution in [3.8, 4) is 0 Å². The first kappa shape index (κ1) is 14.1. The molecule has 0 bridgehead atoms. The number of aliphatic carboxylic acids is 1. The van der Waals surface area contributed by atoms with Crippen LogP contribution in [-0.4, -0.2) is 67.6 Å². The van der Waals surface area contributed by atoms with Crippen molar-refractivity contribution < 1.29 is 24.2 Å². The Bertz CT molecular complexity index is 332. The molecule has 2 fully saturated rings. The van der Waals surface area contributed by atoms with Gasteiger partial charge in [-0.2, -0.15) is 0 Å². The highest BCUT2D eigenvalue weighted by molar-refractivity contribution is 5.77. The van der Waals surface area contributed by atoms with E-state index in [-0.39, 0.29) is 19.2 Å². The molecular weight excluding hydrogens is 252 g/mol. The zero-order valence-electron chi connectivity index (χ0n) is 10.8. The molecule has 1 atom stereocenters. The molecule has 108 valence electrons. The number of nitrogens with one attached hydrogen (secondary N) is 1. The number of rotatable bonds is 6. The quantitative estimate of drug-likeness (QED) is 0.660. The molecule has 7 heteroatoms. The number of hydrogen-bond acceptors (Lipinski definition) is 4. The summed E-state index contributed by atoms with van der Waals surface area (Å²) in [5.74, 6) is -0.323. The number of hydrogen-bond donors (Lipinski definition) is 2. The fraction of sp³-hybridized carbons (Fsp3) is 0.833. The molecule has 0 aromatic rings. The maximum Gasteiger partial charge on any atom is 0.334 e. The summed E-state index contributed by atoms with van der Waals surface area (Å²) in [6.45, 7) is 2.47. The number of carboxylic acid groups (broad SMARTS) is 1. The largest absolute Gasteiger partial charge is 0.479 e. The summed E-state index contributed by atoms with van der Waals surface area (Å²) in [6.07, 6.45) is 1.57. The summed E-state index contributed by atoms with van der Waals surface area (Å²) in [5.41, 5.74) is 0. The first-order valence-corrected chi connectivity index (χ1v) is 6.61. The Kier molecular flexibility index (Phi) is 4.98. The fourth-order valence-electron chi connectivity index (χ4n) is 1.86. The Hall–Kier alpha value is -1.34. The molecule has 2 N–H and O–H groups in total. The van der Waals surface area contributed by atoms with Gasteiger partial charge in [0.2, 0.25) is 0 Å². The van der Waals surface area contributed by atoms with E-state index in [2.05, 4.69) is 5.32 Å². The van der Waals surface area contributed by atoms with Gasteiger partial charge in [-0.05, 0) is 18.8 Å². The molecule has 1 aliphatic heterocycles. The summed E-state index contributed by atoms with van der Waals surface area (Å²) in [7, 11) is 0. The minimum Gasteiger partial charge on any atom is -0.479 e. The highest BCUT2D eigenvalue weighted by Crippen LogP contribution is 2.28. The predicted octanol–water partition coefficient (Wildman–Crippen LogP) is -0.0920. The van der Waals surface area contributed by atoms with Crippen molar-refractivity contribution >= 4 is 12.0 Å². The average molecular weight is 272 g/mol. The maximum atomic E-state index is 11.8. The van der Waals surface area contributed by atoms with Gasteiger partial charge in [-0.15, -0.1) is 0 Å². The molecule has 0 radical (unpaired) electrons. The molecule has 1 saturated heterocycles. The van der Waals surface area contributed by atoms with Crippen molar-refractivity contribution in [3.05, 3.63) is 0 Å². The highest BCUT2D eigenvalue weighted by Gasteiger charge is 2.28. The Morgan fingerprint density at radius 3 is 2.89 bits per heavy atom. The van der Waals surface area contributed by atoms with Crippen LogP contribution in [0.5, 0.6) is 0 Å². The summed E-state index contributed by atoms with van der Waals surface area (Å²) in [6, 6.07) is -0.260. The average Bonchev–Trinajstić information content (AvgIpc) is 3.22. The zero-order chi connectivity index (χ0) is 13.7. The van der Waals surface area contributed by atoms with Gasteiger partial charge >= 0.3 is 12.0 Å². The van der Waals surface area contributed by atoms with E-state index in [1.807, 2.05) is 0 Å². The number of urea groups is 1. The molecule has 0 spiro atoms. The van der Waals surface area contributed by atoms with Crippen LogP contribution < -0.4 is 5.32 Å². The molecule has 7 nitrogen and oxygen atoms in total. The van der Waals surface area contributed by atoms with Gasteiger partial charge in [0.1, 0.15) is 0 Å². The fourth-order valence-corrected chi connectivity index (χ4v) is 1.86. The summed E-state index contributed by atoms with van der Waals surface area (Å²) in [5, 5.41) is 11.6. The molecular formula is C12H20N2O5. The molecule has 0 aromatic heterocycles. The second-order valence-electron chi connectivity index (χ2n) is 4.89. The third-order valence-corrected chi connectivity index (χ3v) is 3.20. The summed E-state index contributed by atoms with van der Waals surface area (Å²) in [4.78, 5) is 24.0. The predicted molar refractivity (Wildman–Crippen MR) is 65.9 cm³/mol. The van der Waals surface area contributed by atoms with Crippen LogP contribution in [0, 0.1) is 5.92 Å². The van der Waals surface area contributed by atoms with E-state index in [0.717, 1.165) is 6.61 Å². The number of nitrogens with zero attached hydrogens (tertiary/aromatic N) is 1. The molecule has 2 aliphatic rings. The van der Waals surface area contributed by atoms with Crippen LogP contribution in [-0.2, 0) is 14.3 Å². The van der Waals surface area contributed by atoms with E-state index >= 15 is 0 Å². The van der Waals surface area contributed by atoms with E-state index in [9.17, 15) is 9.59 Å². The van der Waals surface area contributed by atoms with E-state index in [4.69, 9.17) is 14.6 Å². The zero-order valence-corrected chi connectivity index (χ0v) is 10.8. The highest BCUT2D eigenvalue weighted by atomic mass is 16.5. The van der Waals surface area contributed by atoms with Crippen LogP contribution in [0.4, 0.5) is 4.79 Å². The van der Waals surface area contributed by atoms with Crippen LogP contribution in [0.3, 0.4) is 0 Å². The Morgan fingerprint density at radius 1 is 1.42 bits per heavy atom. The van der Waals surface area contributed by atoms with Gasteiger partial charge in [-0.25, -0.2) is 9.59 Å². The Morgan fingerprint density at radius 2 is 2.21 bits per heavy atom. The van der Waals surface area contributed by atoms with Crippen LogP contribution in [0.25, 0.3) is 0 Å². The van der Waals surface area contributed by atoms with E-state index in [1.165, 1.54) is 17.7 Å². The first-order valence-electron chi connectivity index (χ1n) is 6.61. The van der Waals surface area contributed by atoms with E-state index < -0.39 is 12.1 Å². The second-order valence-corrected chi connectivity index (χ2v) is 4.89. The number of ether oxygens (including phenoxy) is 2. The van der Waals surface area contributed by atoms with E-state index in [0.29, 0.717) is 25.6 Å². The summed E-state index contributed by atoms with van der Waals surface area (Å²) >= 11 is 0. The van der Waals surface area contributed by atoms with Crippen LogP contribution >= 0.6 is 0 Å². The molecule has 1 aliphatic carbocycles. The molecule has 1 heterocycles. The third kappa shape index (κ3) is 4.68. The summed E-state index contributed by atoms with van der Waals surface area (Å²) < 4.78 is 10.5. The normalized spacial score (nSPS) is 23.2. The molecule has 0 aromatic carbocycles. The second kappa shape index (κ2) is 6.72. The SMILES string of the molecule is O=C(O)C1CN(C(=O)NCCOCC2CC2)CCO1. The molecule has 1 unspecified atom stereocenters. The van der Waals surface area contributed by atoms with Gasteiger partial charge in [0.25, 0.3) is 0 Å². The number of carbonyl (C=O) groups is 2. The Balaban J connectivity index is 1.59. The first-order chi connectivity index (χ1) is 9.16. The Labute approximate surface area is 111 Å². The van der Waals surface area contributed by atoms with Gasteiger partial charge in [0.15, 0.2) is 6.10 Å². The van der Waals surface area contributed by atoms with Crippen molar-refractivity contribution in [1.29, 1.82) is 0 Å². The minimum atomic E-state index is -1.04.